The number of hydrogen-bond donors (Lipinski definition) is 2. The van der Waals surface area contributed by atoms with Crippen molar-refractivity contribution in [1.82, 2.24) is 19.5 Å². The van der Waals surface area contributed by atoms with Gasteiger partial charge >= 0.3 is 0 Å². The minimum Gasteiger partial charge on any atom is -0.390 e. The smallest absolute Gasteiger partial charge is 0.251 e. The second kappa shape index (κ2) is 9.89. The van der Waals surface area contributed by atoms with Crippen molar-refractivity contribution in [3.05, 3.63) is 64.5 Å². The quantitative estimate of drug-likeness (QED) is 0.594. The molecule has 2 N–H and O–H groups in total. The third-order valence-corrected chi connectivity index (χ3v) is 7.71. The van der Waals surface area contributed by atoms with E-state index in [4.69, 9.17) is 0 Å². The minimum atomic E-state index is -3.14. The lowest BCUT2D eigenvalue weighted by molar-refractivity contribution is 0.0841. The molecule has 33 heavy (non-hydrogen) atoms. The Morgan fingerprint density at radius 2 is 2.00 bits per heavy atom. The number of carbonyl (C=O) groups is 1. The lowest BCUT2D eigenvalue weighted by Gasteiger charge is -2.37. The molecule has 9 heteroatoms. The third kappa shape index (κ3) is 5.97. The highest BCUT2D eigenvalue weighted by molar-refractivity contribution is 7.88. The Labute approximate surface area is 195 Å². The van der Waals surface area contributed by atoms with Crippen LogP contribution in [0.5, 0.6) is 0 Å². The second-order valence-electron chi connectivity index (χ2n) is 9.26. The summed E-state index contributed by atoms with van der Waals surface area (Å²) in [5.74, 6) is -0.0205. The molecule has 4 rings (SSSR count). The van der Waals surface area contributed by atoms with Crippen LogP contribution in [-0.4, -0.2) is 78.7 Å². The number of fused-ring (bicyclic) bond motifs is 1. The van der Waals surface area contributed by atoms with E-state index >= 15 is 0 Å². The largest absolute Gasteiger partial charge is 0.390 e. The molecule has 1 aromatic carbocycles. The molecule has 2 aliphatic heterocycles. The first-order valence-corrected chi connectivity index (χ1v) is 13.2. The van der Waals surface area contributed by atoms with Crippen molar-refractivity contribution in [3.63, 3.8) is 0 Å². The summed E-state index contributed by atoms with van der Waals surface area (Å²) in [4.78, 5) is 19.4. The summed E-state index contributed by atoms with van der Waals surface area (Å²) in [6.45, 7) is 5.21. The molecule has 178 valence electrons. The van der Waals surface area contributed by atoms with Gasteiger partial charge in [-0.25, -0.2) is 12.7 Å². The van der Waals surface area contributed by atoms with E-state index in [0.717, 1.165) is 30.8 Å². The summed E-state index contributed by atoms with van der Waals surface area (Å²) >= 11 is 0. The predicted molar refractivity (Wildman–Crippen MR) is 126 cm³/mol. The number of nitrogens with one attached hydrogen (secondary N) is 1. The van der Waals surface area contributed by atoms with Gasteiger partial charge < -0.3 is 10.4 Å². The van der Waals surface area contributed by atoms with Crippen molar-refractivity contribution in [2.45, 2.75) is 32.4 Å². The molecule has 0 spiro atoms. The number of aromatic nitrogens is 1. The van der Waals surface area contributed by atoms with E-state index in [2.05, 4.69) is 33.4 Å². The summed E-state index contributed by atoms with van der Waals surface area (Å²) < 4.78 is 24.5. The number of aliphatic hydroxyl groups excluding tert-OH is 1. The van der Waals surface area contributed by atoms with Crippen molar-refractivity contribution < 1.29 is 18.3 Å². The van der Waals surface area contributed by atoms with Gasteiger partial charge in [-0.2, -0.15) is 0 Å². The number of carbonyl (C=O) groups excluding carboxylic acids is 1. The number of nitrogens with zero attached hydrogens (tertiary/aromatic N) is 3. The third-order valence-electron chi connectivity index (χ3n) is 6.47. The van der Waals surface area contributed by atoms with E-state index < -0.39 is 16.1 Å². The fourth-order valence-electron chi connectivity index (χ4n) is 4.52. The molecule has 1 fully saturated rings. The Morgan fingerprint density at radius 1 is 1.27 bits per heavy atom. The van der Waals surface area contributed by atoms with E-state index in [9.17, 15) is 18.3 Å². The number of sulfonamides is 1. The number of aliphatic hydroxyl groups is 1. The van der Waals surface area contributed by atoms with Gasteiger partial charge in [-0.15, -0.1) is 0 Å². The van der Waals surface area contributed by atoms with Crippen LogP contribution in [0.2, 0.25) is 0 Å². The molecule has 1 saturated heterocycles. The maximum Gasteiger partial charge on any atom is 0.251 e. The van der Waals surface area contributed by atoms with Gasteiger partial charge in [0.05, 0.1) is 12.4 Å². The zero-order chi connectivity index (χ0) is 23.6. The van der Waals surface area contributed by atoms with Crippen molar-refractivity contribution in [1.29, 1.82) is 0 Å². The topological polar surface area (TPSA) is 103 Å². The monoisotopic (exact) mass is 472 g/mol. The van der Waals surface area contributed by atoms with Crippen LogP contribution in [0.1, 0.15) is 32.7 Å². The Kier molecular flexibility index (Phi) is 7.13. The maximum atomic E-state index is 12.8. The molecule has 1 aromatic heterocycles. The molecule has 0 aliphatic carbocycles. The molecule has 0 radical (unpaired) electrons. The molecule has 0 bridgehead atoms. The Morgan fingerprint density at radius 3 is 2.73 bits per heavy atom. The number of aryl methyl sites for hydroxylation is 1. The second-order valence-corrected chi connectivity index (χ2v) is 11.2. The molecular formula is C24H32N4O4S. The zero-order valence-electron chi connectivity index (χ0n) is 19.2. The van der Waals surface area contributed by atoms with Crippen molar-refractivity contribution in [2.24, 2.45) is 5.92 Å². The van der Waals surface area contributed by atoms with E-state index in [-0.39, 0.29) is 18.4 Å². The summed E-state index contributed by atoms with van der Waals surface area (Å²) in [5, 5.41) is 13.3. The summed E-state index contributed by atoms with van der Waals surface area (Å²) in [5.41, 5.74) is 4.75. The number of β-amino-alcohol motifs (C(OH)–C–C–N with tert-alkyl or cyclic N) is 1. The van der Waals surface area contributed by atoms with Crippen molar-refractivity contribution in [2.75, 3.05) is 39.0 Å². The average Bonchev–Trinajstić information content (AvgIpc) is 2.74. The van der Waals surface area contributed by atoms with Crippen molar-refractivity contribution in [3.8, 4) is 0 Å². The van der Waals surface area contributed by atoms with Crippen LogP contribution in [0.3, 0.4) is 0 Å². The molecule has 0 unspecified atom stereocenters. The zero-order valence-corrected chi connectivity index (χ0v) is 20.0. The fourth-order valence-corrected chi connectivity index (χ4v) is 5.48. The van der Waals surface area contributed by atoms with Gasteiger partial charge in [-0.3, -0.25) is 14.7 Å². The molecule has 1 amide bonds. The molecule has 0 saturated carbocycles. The molecule has 2 aromatic rings. The van der Waals surface area contributed by atoms with Crippen molar-refractivity contribution >= 4 is 15.9 Å². The fraction of sp³-hybridized carbons (Fsp3) is 0.500. The Balaban J connectivity index is 1.27. The Bertz CT molecular complexity index is 1120. The predicted octanol–water partition coefficient (Wildman–Crippen LogP) is 0.973. The van der Waals surface area contributed by atoms with E-state index in [1.807, 2.05) is 13.0 Å². The first kappa shape index (κ1) is 23.8. The highest BCUT2D eigenvalue weighted by atomic mass is 32.2. The highest BCUT2D eigenvalue weighted by Crippen LogP contribution is 2.23. The van der Waals surface area contributed by atoms with Gasteiger partial charge in [0, 0.05) is 56.7 Å². The number of pyridine rings is 1. The van der Waals surface area contributed by atoms with Gasteiger partial charge in [0.15, 0.2) is 0 Å². The summed E-state index contributed by atoms with van der Waals surface area (Å²) in [7, 11) is -3.14. The first-order chi connectivity index (χ1) is 15.7. The summed E-state index contributed by atoms with van der Waals surface area (Å²) in [6, 6.07) is 10.2. The standard InChI is InChI=1S/C24H32N4O4S/c1-17-11-25-21(9-18-13-28(14-18)33(2,31)32)10-23(17)24(30)26-12-22(29)16-27-8-7-19-5-3-4-6-20(19)15-27/h3-6,10-11,18,22,29H,7-9,12-16H2,1-2H3,(H,26,30)/t22-/m0/s1. The Hall–Kier alpha value is -2.33. The molecular weight excluding hydrogens is 440 g/mol. The van der Waals surface area contributed by atoms with Crippen LogP contribution < -0.4 is 5.32 Å². The van der Waals surface area contributed by atoms with Gasteiger partial charge in [0.1, 0.15) is 0 Å². The van der Waals surface area contributed by atoms with Crippen LogP contribution in [0.25, 0.3) is 0 Å². The van der Waals surface area contributed by atoms with Gasteiger partial charge in [0.25, 0.3) is 5.91 Å². The van der Waals surface area contributed by atoms with Crippen LogP contribution in [0.4, 0.5) is 0 Å². The van der Waals surface area contributed by atoms with Gasteiger partial charge in [-0.05, 0) is 48.4 Å². The van der Waals surface area contributed by atoms with Crippen LogP contribution >= 0.6 is 0 Å². The van der Waals surface area contributed by atoms with Crippen LogP contribution in [0, 0.1) is 12.8 Å². The van der Waals surface area contributed by atoms with Gasteiger partial charge in [0.2, 0.25) is 10.0 Å². The maximum absolute atomic E-state index is 12.8. The van der Waals surface area contributed by atoms with E-state index in [1.165, 1.54) is 21.7 Å². The molecule has 8 nitrogen and oxygen atoms in total. The highest BCUT2D eigenvalue weighted by Gasteiger charge is 2.33. The minimum absolute atomic E-state index is 0.181. The molecule has 3 heterocycles. The number of hydrogen-bond acceptors (Lipinski definition) is 6. The van der Waals surface area contributed by atoms with Gasteiger partial charge in [-0.1, -0.05) is 24.3 Å². The SMILES string of the molecule is Cc1cnc(CC2CN(S(C)(=O)=O)C2)cc1C(=O)NC[C@H](O)CN1CCc2ccccc2C1. The first-order valence-electron chi connectivity index (χ1n) is 11.3. The normalized spacial score (nSPS) is 18.4. The van der Waals surface area contributed by atoms with E-state index in [0.29, 0.717) is 31.6 Å². The lowest BCUT2D eigenvalue weighted by Crippen LogP contribution is -2.50. The average molecular weight is 473 g/mol. The summed E-state index contributed by atoms with van der Waals surface area (Å²) in [6.07, 6.45) is 3.84. The molecule has 1 atom stereocenters. The van der Waals surface area contributed by atoms with Crippen LogP contribution in [0.15, 0.2) is 36.5 Å². The number of benzene rings is 1. The lowest BCUT2D eigenvalue weighted by atomic mass is 9.96. The molecule has 2 aliphatic rings. The van der Waals surface area contributed by atoms with Crippen LogP contribution in [-0.2, 0) is 29.4 Å². The van der Waals surface area contributed by atoms with E-state index in [1.54, 1.807) is 12.3 Å². The number of amides is 1. The number of rotatable bonds is 8.